The fraction of sp³-hybridized carbons (Fsp3) is 0.619. The maximum Gasteiger partial charge on any atom is 0.412 e. The number of amides is 2. The second kappa shape index (κ2) is 7.37. The van der Waals surface area contributed by atoms with Crippen LogP contribution in [0.5, 0.6) is 0 Å². The van der Waals surface area contributed by atoms with Gasteiger partial charge in [-0.15, -0.1) is 0 Å². The lowest BCUT2D eigenvalue weighted by molar-refractivity contribution is -0.313. The molecule has 2 heterocycles. The first-order valence-corrected chi connectivity index (χ1v) is 9.64. The van der Waals surface area contributed by atoms with Crippen molar-refractivity contribution < 1.29 is 23.8 Å². The van der Waals surface area contributed by atoms with Crippen LogP contribution in [0.1, 0.15) is 46.1 Å². The van der Waals surface area contributed by atoms with E-state index in [9.17, 15) is 9.59 Å². The van der Waals surface area contributed by atoms with Crippen molar-refractivity contribution in [1.29, 1.82) is 0 Å². The summed E-state index contributed by atoms with van der Waals surface area (Å²) in [4.78, 5) is 23.9. The SMILES string of the molecule is COC1CC2CC(OC(=O)Nc3ccc(C)c(NC(C)=O)c3)C1(C)OC2(C)C. The Bertz CT molecular complexity index is 778. The lowest BCUT2D eigenvalue weighted by Crippen LogP contribution is -2.69. The molecule has 1 saturated carbocycles. The second-order valence-electron chi connectivity index (χ2n) is 8.51. The van der Waals surface area contributed by atoms with Gasteiger partial charge in [-0.25, -0.2) is 4.79 Å². The van der Waals surface area contributed by atoms with E-state index in [-0.39, 0.29) is 23.5 Å². The van der Waals surface area contributed by atoms with Crippen LogP contribution in [0.3, 0.4) is 0 Å². The summed E-state index contributed by atoms with van der Waals surface area (Å²) in [5.41, 5.74) is 1.14. The number of rotatable bonds is 4. The molecule has 2 saturated heterocycles. The number of aryl methyl sites for hydroxylation is 1. The highest BCUT2D eigenvalue weighted by Gasteiger charge is 2.61. The van der Waals surface area contributed by atoms with Gasteiger partial charge in [0.05, 0.1) is 11.7 Å². The molecular weight excluding hydrogens is 360 g/mol. The van der Waals surface area contributed by atoms with E-state index < -0.39 is 17.8 Å². The minimum absolute atomic E-state index is 0.122. The Labute approximate surface area is 166 Å². The molecule has 2 amide bonds. The molecule has 28 heavy (non-hydrogen) atoms. The van der Waals surface area contributed by atoms with Crippen LogP contribution < -0.4 is 10.6 Å². The summed E-state index contributed by atoms with van der Waals surface area (Å²) >= 11 is 0. The zero-order valence-electron chi connectivity index (χ0n) is 17.4. The fourth-order valence-electron chi connectivity index (χ4n) is 4.43. The summed E-state index contributed by atoms with van der Waals surface area (Å²) in [7, 11) is 1.67. The number of carbonyl (C=O) groups is 2. The Balaban J connectivity index is 1.71. The summed E-state index contributed by atoms with van der Waals surface area (Å²) in [5, 5.41) is 5.50. The van der Waals surface area contributed by atoms with Gasteiger partial charge in [0.2, 0.25) is 5.91 Å². The van der Waals surface area contributed by atoms with Crippen molar-refractivity contribution >= 4 is 23.4 Å². The van der Waals surface area contributed by atoms with Crippen LogP contribution in [-0.4, -0.2) is 42.5 Å². The number of fused-ring (bicyclic) bond motifs is 3. The van der Waals surface area contributed by atoms with Gasteiger partial charge in [0.1, 0.15) is 11.7 Å². The standard InChI is InChI=1S/C21H30N2O5/c1-12-7-8-15(11-16(12)22-13(2)24)23-19(25)27-18-10-14-9-17(26-6)21(18,5)28-20(14,3)4/h7-8,11,14,17-18H,9-10H2,1-6H3,(H,22,24)(H,23,25). The fourth-order valence-corrected chi connectivity index (χ4v) is 4.43. The molecule has 0 spiro atoms. The van der Waals surface area contributed by atoms with Crippen molar-refractivity contribution in [2.24, 2.45) is 5.92 Å². The van der Waals surface area contributed by atoms with Gasteiger partial charge >= 0.3 is 6.09 Å². The summed E-state index contributed by atoms with van der Waals surface area (Å²) < 4.78 is 17.7. The van der Waals surface area contributed by atoms with Crippen molar-refractivity contribution in [1.82, 2.24) is 0 Å². The van der Waals surface area contributed by atoms with Crippen molar-refractivity contribution in [3.05, 3.63) is 23.8 Å². The highest BCUT2D eigenvalue weighted by molar-refractivity contribution is 5.91. The molecule has 2 N–H and O–H groups in total. The lowest BCUT2D eigenvalue weighted by atomic mass is 9.65. The highest BCUT2D eigenvalue weighted by Crippen LogP contribution is 2.51. The molecular formula is C21H30N2O5. The third-order valence-corrected chi connectivity index (χ3v) is 6.07. The summed E-state index contributed by atoms with van der Waals surface area (Å²) in [6, 6.07) is 5.32. The number of nitrogens with one attached hydrogen (secondary N) is 2. The smallest absolute Gasteiger partial charge is 0.412 e. The molecule has 1 aromatic rings. The van der Waals surface area contributed by atoms with Gasteiger partial charge in [0.25, 0.3) is 0 Å². The van der Waals surface area contributed by atoms with E-state index >= 15 is 0 Å². The number of methoxy groups -OCH3 is 1. The summed E-state index contributed by atoms with van der Waals surface area (Å²) in [6.45, 7) is 9.44. The zero-order chi connectivity index (χ0) is 20.7. The van der Waals surface area contributed by atoms with Crippen LogP contribution in [0.2, 0.25) is 0 Å². The van der Waals surface area contributed by atoms with Gasteiger partial charge in [0.15, 0.2) is 0 Å². The van der Waals surface area contributed by atoms with E-state index in [0.717, 1.165) is 18.4 Å². The number of carbonyl (C=O) groups excluding carboxylic acids is 2. The Morgan fingerprint density at radius 3 is 2.46 bits per heavy atom. The predicted octanol–water partition coefficient (Wildman–Crippen LogP) is 3.86. The second-order valence-corrected chi connectivity index (χ2v) is 8.51. The average Bonchev–Trinajstić information content (AvgIpc) is 2.57. The van der Waals surface area contributed by atoms with E-state index in [1.165, 1.54) is 6.92 Å². The summed E-state index contributed by atoms with van der Waals surface area (Å²) in [5.74, 6) is 0.0853. The molecule has 2 bridgehead atoms. The molecule has 154 valence electrons. The first-order valence-electron chi connectivity index (χ1n) is 9.64. The molecule has 2 aliphatic heterocycles. The Kier molecular flexibility index (Phi) is 5.42. The monoisotopic (exact) mass is 390 g/mol. The Hall–Kier alpha value is -2.12. The molecule has 4 rings (SSSR count). The zero-order valence-corrected chi connectivity index (χ0v) is 17.4. The van der Waals surface area contributed by atoms with Crippen molar-refractivity contribution in [2.45, 2.75) is 70.9 Å². The molecule has 3 fully saturated rings. The van der Waals surface area contributed by atoms with Crippen LogP contribution in [0.4, 0.5) is 16.2 Å². The van der Waals surface area contributed by atoms with Gasteiger partial charge in [-0.3, -0.25) is 10.1 Å². The lowest BCUT2D eigenvalue weighted by Gasteiger charge is -2.59. The molecule has 0 aromatic heterocycles. The van der Waals surface area contributed by atoms with Crippen LogP contribution in [-0.2, 0) is 19.0 Å². The van der Waals surface area contributed by atoms with E-state index in [2.05, 4.69) is 24.5 Å². The van der Waals surface area contributed by atoms with Crippen molar-refractivity contribution in [3.63, 3.8) is 0 Å². The molecule has 3 aliphatic rings. The van der Waals surface area contributed by atoms with Crippen LogP contribution in [0.25, 0.3) is 0 Å². The van der Waals surface area contributed by atoms with E-state index in [0.29, 0.717) is 11.4 Å². The minimum atomic E-state index is -0.695. The van der Waals surface area contributed by atoms with Gasteiger partial charge in [-0.1, -0.05) is 6.07 Å². The first kappa shape index (κ1) is 20.6. The van der Waals surface area contributed by atoms with E-state index in [1.54, 1.807) is 19.2 Å². The number of ether oxygens (including phenoxy) is 3. The molecule has 1 aliphatic carbocycles. The normalized spacial score (nSPS) is 30.6. The number of anilines is 2. The first-order chi connectivity index (χ1) is 13.0. The van der Waals surface area contributed by atoms with Gasteiger partial charge < -0.3 is 19.5 Å². The average molecular weight is 390 g/mol. The van der Waals surface area contributed by atoms with E-state index in [4.69, 9.17) is 14.2 Å². The van der Waals surface area contributed by atoms with Gasteiger partial charge in [-0.05, 0) is 64.2 Å². The number of benzene rings is 1. The number of hydrogen-bond acceptors (Lipinski definition) is 5. The molecule has 0 radical (unpaired) electrons. The Morgan fingerprint density at radius 1 is 1.14 bits per heavy atom. The Morgan fingerprint density at radius 2 is 1.82 bits per heavy atom. The molecule has 4 atom stereocenters. The van der Waals surface area contributed by atoms with Crippen molar-refractivity contribution in [2.75, 3.05) is 17.7 Å². The van der Waals surface area contributed by atoms with E-state index in [1.807, 2.05) is 19.9 Å². The topological polar surface area (TPSA) is 85.9 Å². The quantitative estimate of drug-likeness (QED) is 0.815. The number of hydrogen-bond donors (Lipinski definition) is 2. The summed E-state index contributed by atoms with van der Waals surface area (Å²) in [6.07, 6.45) is 0.557. The van der Waals surface area contributed by atoms with Crippen LogP contribution in [0.15, 0.2) is 18.2 Å². The molecule has 1 aromatic carbocycles. The van der Waals surface area contributed by atoms with Crippen LogP contribution in [0, 0.1) is 12.8 Å². The minimum Gasteiger partial charge on any atom is -0.443 e. The molecule has 7 nitrogen and oxygen atoms in total. The highest BCUT2D eigenvalue weighted by atomic mass is 16.6. The van der Waals surface area contributed by atoms with Gasteiger partial charge in [-0.2, -0.15) is 0 Å². The molecule has 7 heteroatoms. The largest absolute Gasteiger partial charge is 0.443 e. The van der Waals surface area contributed by atoms with Gasteiger partial charge in [0, 0.05) is 25.4 Å². The molecule has 4 unspecified atom stereocenters. The third-order valence-electron chi connectivity index (χ3n) is 6.07. The maximum absolute atomic E-state index is 12.6. The maximum atomic E-state index is 12.6. The third kappa shape index (κ3) is 3.86. The van der Waals surface area contributed by atoms with Crippen LogP contribution >= 0.6 is 0 Å². The van der Waals surface area contributed by atoms with Crippen molar-refractivity contribution in [3.8, 4) is 0 Å². The predicted molar refractivity (Wildman–Crippen MR) is 106 cm³/mol.